The van der Waals surface area contributed by atoms with E-state index in [4.69, 9.17) is 5.11 Å². The fraction of sp³-hybridized carbons (Fsp3) is 0.429. The van der Waals surface area contributed by atoms with Crippen LogP contribution in [0.5, 0.6) is 0 Å². The summed E-state index contributed by atoms with van der Waals surface area (Å²) in [5.41, 5.74) is 0.170. The largest absolute Gasteiger partial charge is 0.479 e. The molecule has 1 aromatic rings. The quantitative estimate of drug-likeness (QED) is 0.681. The first-order valence-electron chi connectivity index (χ1n) is 4.13. The van der Waals surface area contributed by atoms with Gasteiger partial charge in [-0.1, -0.05) is 10.0 Å². The molecule has 0 amide bonds. The molecular formula is C7H10N2O6S. The molecule has 0 bridgehead atoms. The van der Waals surface area contributed by atoms with Crippen LogP contribution in [-0.2, 0) is 19.7 Å². The molecule has 0 aliphatic carbocycles. The first-order chi connectivity index (χ1) is 7.34. The number of aliphatic carboxylic acids is 1. The van der Waals surface area contributed by atoms with Gasteiger partial charge in [-0.25, -0.2) is 13.2 Å². The van der Waals surface area contributed by atoms with Crippen molar-refractivity contribution in [3.63, 3.8) is 0 Å². The number of carboxylic acids is 1. The predicted molar refractivity (Wildman–Crippen MR) is 49.9 cm³/mol. The number of aryl methyl sites for hydroxylation is 2. The van der Waals surface area contributed by atoms with Crippen molar-refractivity contribution in [3.05, 3.63) is 11.5 Å². The number of hydrogen-bond donors (Lipinski definition) is 2. The van der Waals surface area contributed by atoms with Crippen molar-refractivity contribution in [1.29, 1.82) is 0 Å². The summed E-state index contributed by atoms with van der Waals surface area (Å²) in [6, 6.07) is 0. The molecule has 9 heteroatoms. The maximum atomic E-state index is 11.6. The molecule has 0 fully saturated rings. The molecule has 1 heterocycles. The highest BCUT2D eigenvalue weighted by molar-refractivity contribution is 7.89. The monoisotopic (exact) mass is 250 g/mol. The molecule has 0 aliphatic rings. The zero-order chi connectivity index (χ0) is 12.3. The van der Waals surface area contributed by atoms with Crippen molar-refractivity contribution in [3.8, 4) is 0 Å². The van der Waals surface area contributed by atoms with E-state index in [1.807, 2.05) is 0 Å². The number of nitrogens with one attached hydrogen (secondary N) is 1. The maximum absolute atomic E-state index is 11.6. The van der Waals surface area contributed by atoms with Gasteiger partial charge in [0.2, 0.25) is 0 Å². The van der Waals surface area contributed by atoms with Gasteiger partial charge < -0.3 is 9.63 Å². The van der Waals surface area contributed by atoms with Gasteiger partial charge in [-0.3, -0.25) is 4.84 Å². The number of rotatable bonds is 5. The molecule has 0 aliphatic heterocycles. The van der Waals surface area contributed by atoms with E-state index in [-0.39, 0.29) is 16.3 Å². The molecular weight excluding hydrogens is 240 g/mol. The minimum atomic E-state index is -3.97. The summed E-state index contributed by atoms with van der Waals surface area (Å²) < 4.78 is 27.8. The van der Waals surface area contributed by atoms with Crippen molar-refractivity contribution in [1.82, 2.24) is 10.0 Å². The molecule has 0 unspecified atom stereocenters. The zero-order valence-corrected chi connectivity index (χ0v) is 9.37. The number of carboxylic acid groups (broad SMARTS) is 1. The van der Waals surface area contributed by atoms with Crippen LogP contribution < -0.4 is 4.89 Å². The third kappa shape index (κ3) is 2.78. The van der Waals surface area contributed by atoms with Crippen LogP contribution in [0.3, 0.4) is 0 Å². The Balaban J connectivity index is 2.83. The van der Waals surface area contributed by atoms with Crippen LogP contribution in [-0.4, -0.2) is 31.3 Å². The Morgan fingerprint density at radius 1 is 1.56 bits per heavy atom. The lowest BCUT2D eigenvalue weighted by Gasteiger charge is -2.04. The van der Waals surface area contributed by atoms with Crippen molar-refractivity contribution < 1.29 is 27.7 Å². The summed E-state index contributed by atoms with van der Waals surface area (Å²) in [6.45, 7) is 2.09. The van der Waals surface area contributed by atoms with Crippen molar-refractivity contribution in [2.75, 3.05) is 6.61 Å². The van der Waals surface area contributed by atoms with Crippen LogP contribution in [0.1, 0.15) is 11.5 Å². The Labute approximate surface area is 91.2 Å². The van der Waals surface area contributed by atoms with Gasteiger partial charge >= 0.3 is 5.97 Å². The lowest BCUT2D eigenvalue weighted by molar-refractivity contribution is -0.143. The molecule has 0 spiro atoms. The number of nitrogens with zero attached hydrogens (tertiary/aromatic N) is 1. The van der Waals surface area contributed by atoms with E-state index >= 15 is 0 Å². The standard InChI is InChI=1S/C7H10N2O6S/c1-4-7(5(2)15-8-4)16(12,13)9-14-3-6(10)11/h9H,3H2,1-2H3,(H,10,11). The van der Waals surface area contributed by atoms with Gasteiger partial charge in [-0.15, -0.1) is 0 Å². The Kier molecular flexibility index (Phi) is 3.62. The zero-order valence-electron chi connectivity index (χ0n) is 8.55. The smallest absolute Gasteiger partial charge is 0.331 e. The van der Waals surface area contributed by atoms with Gasteiger partial charge in [0.1, 0.15) is 10.6 Å². The Bertz CT molecular complexity index is 471. The average molecular weight is 250 g/mol. The van der Waals surface area contributed by atoms with E-state index in [9.17, 15) is 13.2 Å². The second kappa shape index (κ2) is 4.60. The lowest BCUT2D eigenvalue weighted by Crippen LogP contribution is -2.27. The van der Waals surface area contributed by atoms with Gasteiger partial charge in [-0.2, -0.15) is 0 Å². The van der Waals surface area contributed by atoms with Gasteiger partial charge in [0.25, 0.3) is 10.0 Å². The van der Waals surface area contributed by atoms with Crippen LogP contribution in [0.15, 0.2) is 9.42 Å². The molecule has 1 aromatic heterocycles. The molecule has 2 N–H and O–H groups in total. The van der Waals surface area contributed by atoms with Gasteiger partial charge in [-0.05, 0) is 13.8 Å². The first-order valence-corrected chi connectivity index (χ1v) is 5.61. The molecule has 90 valence electrons. The third-order valence-corrected chi connectivity index (χ3v) is 3.06. The normalized spacial score (nSPS) is 11.6. The molecule has 0 saturated carbocycles. The number of hydrogen-bond acceptors (Lipinski definition) is 6. The Morgan fingerprint density at radius 3 is 2.62 bits per heavy atom. The van der Waals surface area contributed by atoms with Gasteiger partial charge in [0.15, 0.2) is 12.4 Å². The fourth-order valence-electron chi connectivity index (χ4n) is 1.07. The molecule has 1 rings (SSSR count). The van der Waals surface area contributed by atoms with Crippen molar-refractivity contribution in [2.45, 2.75) is 18.7 Å². The summed E-state index contributed by atoms with van der Waals surface area (Å²) in [5.74, 6) is -1.19. The van der Waals surface area contributed by atoms with Crippen molar-refractivity contribution in [2.24, 2.45) is 0 Å². The Hall–Kier alpha value is -1.45. The Morgan fingerprint density at radius 2 is 2.19 bits per heavy atom. The molecule has 0 saturated heterocycles. The molecule has 16 heavy (non-hydrogen) atoms. The second-order valence-corrected chi connectivity index (χ2v) is 4.50. The minimum Gasteiger partial charge on any atom is -0.479 e. The second-order valence-electron chi connectivity index (χ2n) is 2.92. The third-order valence-electron chi connectivity index (χ3n) is 1.60. The predicted octanol–water partition coefficient (Wildman–Crippen LogP) is -0.414. The van der Waals surface area contributed by atoms with Crippen LogP contribution in [0, 0.1) is 13.8 Å². The summed E-state index contributed by atoms with van der Waals surface area (Å²) in [4.78, 5) is 15.9. The van der Waals surface area contributed by atoms with Crippen LogP contribution >= 0.6 is 0 Å². The van der Waals surface area contributed by atoms with E-state index in [0.717, 1.165) is 0 Å². The summed E-state index contributed by atoms with van der Waals surface area (Å²) in [7, 11) is -3.97. The van der Waals surface area contributed by atoms with Crippen molar-refractivity contribution >= 4 is 16.0 Å². The summed E-state index contributed by atoms with van der Waals surface area (Å²) >= 11 is 0. The average Bonchev–Trinajstić information content (AvgIpc) is 2.45. The topological polar surface area (TPSA) is 119 Å². The minimum absolute atomic E-state index is 0.101. The highest BCUT2D eigenvalue weighted by atomic mass is 32.2. The molecule has 8 nitrogen and oxygen atoms in total. The highest BCUT2D eigenvalue weighted by Crippen LogP contribution is 2.18. The van der Waals surface area contributed by atoms with Crippen LogP contribution in [0.2, 0.25) is 0 Å². The molecule has 0 aromatic carbocycles. The molecule has 0 radical (unpaired) electrons. The maximum Gasteiger partial charge on any atom is 0.331 e. The van der Waals surface area contributed by atoms with E-state index in [2.05, 4.69) is 14.5 Å². The summed E-state index contributed by atoms with van der Waals surface area (Å²) in [5, 5.41) is 11.7. The van der Waals surface area contributed by atoms with Gasteiger partial charge in [0.05, 0.1) is 0 Å². The summed E-state index contributed by atoms with van der Waals surface area (Å²) in [6.07, 6.45) is 0. The van der Waals surface area contributed by atoms with Crippen LogP contribution in [0.25, 0.3) is 0 Å². The van der Waals surface area contributed by atoms with E-state index < -0.39 is 22.6 Å². The van der Waals surface area contributed by atoms with E-state index in [0.29, 0.717) is 0 Å². The molecule has 0 atom stereocenters. The van der Waals surface area contributed by atoms with Crippen LogP contribution in [0.4, 0.5) is 0 Å². The highest BCUT2D eigenvalue weighted by Gasteiger charge is 2.24. The van der Waals surface area contributed by atoms with E-state index in [1.54, 1.807) is 4.89 Å². The fourth-order valence-corrected chi connectivity index (χ4v) is 2.21. The van der Waals surface area contributed by atoms with E-state index in [1.165, 1.54) is 13.8 Å². The number of sulfonamides is 1. The van der Waals surface area contributed by atoms with Gasteiger partial charge in [0, 0.05) is 0 Å². The lowest BCUT2D eigenvalue weighted by atomic mass is 10.4. The first kappa shape index (κ1) is 12.6. The SMILES string of the molecule is Cc1noc(C)c1S(=O)(=O)NOCC(=O)O. The number of aromatic nitrogens is 1. The number of carbonyl (C=O) groups is 1.